The number of rotatable bonds is 10. The first-order valence-corrected chi connectivity index (χ1v) is 10.2. The van der Waals surface area contributed by atoms with Gasteiger partial charge in [0, 0.05) is 23.8 Å². The highest BCUT2D eigenvalue weighted by Crippen LogP contribution is 2.25. The number of hydrogen-bond donors (Lipinski definition) is 2. The molecule has 148 valence electrons. The number of carbonyl (C=O) groups excluding carboxylic acids is 2. The molecule has 7 heteroatoms. The summed E-state index contributed by atoms with van der Waals surface area (Å²) in [4.78, 5) is 28.4. The van der Waals surface area contributed by atoms with Gasteiger partial charge in [-0.25, -0.2) is 9.78 Å². The molecule has 26 heavy (non-hydrogen) atoms. The molecule has 1 rings (SSSR count). The summed E-state index contributed by atoms with van der Waals surface area (Å²) in [6.45, 7) is 12.1. The molecular weight excluding hydrogens is 352 g/mol. The van der Waals surface area contributed by atoms with Crippen LogP contribution < -0.4 is 5.32 Å². The van der Waals surface area contributed by atoms with Gasteiger partial charge in [-0.3, -0.25) is 4.79 Å². The zero-order valence-electron chi connectivity index (χ0n) is 16.6. The highest BCUT2D eigenvalue weighted by atomic mass is 32.1. The number of nitrogens with zero attached hydrogens (tertiary/aromatic N) is 1. The predicted molar refractivity (Wildman–Crippen MR) is 103 cm³/mol. The van der Waals surface area contributed by atoms with Gasteiger partial charge in [0.05, 0.1) is 6.61 Å². The molecule has 1 heterocycles. The van der Waals surface area contributed by atoms with Gasteiger partial charge in [-0.1, -0.05) is 41.0 Å². The van der Waals surface area contributed by atoms with Crippen molar-refractivity contribution >= 4 is 23.2 Å². The average molecular weight is 385 g/mol. The SMILES string of the molecule is CCOC(=O)c1csc([C@H](O)C[C@@H](NC(=O)[C@@H](C)[C@@H](C)CC)C(C)C)n1. The van der Waals surface area contributed by atoms with Gasteiger partial charge in [-0.05, 0) is 18.8 Å². The van der Waals surface area contributed by atoms with Crippen LogP contribution in [0.3, 0.4) is 0 Å². The van der Waals surface area contributed by atoms with Gasteiger partial charge in [0.1, 0.15) is 11.1 Å². The Hall–Kier alpha value is -1.47. The van der Waals surface area contributed by atoms with Gasteiger partial charge in [-0.2, -0.15) is 0 Å². The van der Waals surface area contributed by atoms with Gasteiger partial charge in [0.2, 0.25) is 5.91 Å². The largest absolute Gasteiger partial charge is 0.461 e. The molecule has 1 amide bonds. The number of aliphatic hydroxyl groups excluding tert-OH is 1. The van der Waals surface area contributed by atoms with Crippen LogP contribution in [0.1, 0.15) is 76.0 Å². The number of carbonyl (C=O) groups is 2. The summed E-state index contributed by atoms with van der Waals surface area (Å²) in [6.07, 6.45) is 0.459. The molecule has 0 aromatic carbocycles. The van der Waals surface area contributed by atoms with Crippen molar-refractivity contribution in [2.75, 3.05) is 6.61 Å². The van der Waals surface area contributed by atoms with Gasteiger partial charge in [-0.15, -0.1) is 11.3 Å². The Kier molecular flexibility index (Phi) is 9.22. The third-order valence-electron chi connectivity index (χ3n) is 4.81. The van der Waals surface area contributed by atoms with Crippen LogP contribution in [-0.2, 0) is 9.53 Å². The lowest BCUT2D eigenvalue weighted by atomic mass is 9.91. The van der Waals surface area contributed by atoms with Gasteiger partial charge >= 0.3 is 5.97 Å². The van der Waals surface area contributed by atoms with E-state index < -0.39 is 12.1 Å². The highest BCUT2D eigenvalue weighted by molar-refractivity contribution is 7.09. The van der Waals surface area contributed by atoms with Crippen molar-refractivity contribution in [3.05, 3.63) is 16.1 Å². The van der Waals surface area contributed by atoms with Crippen LogP contribution in [-0.4, -0.2) is 34.6 Å². The van der Waals surface area contributed by atoms with Crippen molar-refractivity contribution in [3.63, 3.8) is 0 Å². The number of aliphatic hydroxyl groups is 1. The van der Waals surface area contributed by atoms with E-state index in [0.29, 0.717) is 17.3 Å². The summed E-state index contributed by atoms with van der Waals surface area (Å²) in [5.74, 6) is -0.0791. The van der Waals surface area contributed by atoms with Crippen molar-refractivity contribution in [3.8, 4) is 0 Å². The second kappa shape index (κ2) is 10.6. The first-order valence-electron chi connectivity index (χ1n) is 9.32. The van der Waals surface area contributed by atoms with Gasteiger partial charge in [0.25, 0.3) is 0 Å². The third kappa shape index (κ3) is 6.36. The molecule has 0 aliphatic carbocycles. The van der Waals surface area contributed by atoms with Crippen LogP contribution in [0, 0.1) is 17.8 Å². The molecule has 0 fully saturated rings. The summed E-state index contributed by atoms with van der Waals surface area (Å²) in [5, 5.41) is 15.6. The van der Waals surface area contributed by atoms with E-state index in [9.17, 15) is 14.7 Å². The molecule has 0 aliphatic rings. The Morgan fingerprint density at radius 3 is 2.46 bits per heavy atom. The lowest BCUT2D eigenvalue weighted by molar-refractivity contribution is -0.127. The van der Waals surface area contributed by atoms with E-state index in [-0.39, 0.29) is 36.1 Å². The van der Waals surface area contributed by atoms with Crippen LogP contribution in [0.5, 0.6) is 0 Å². The minimum Gasteiger partial charge on any atom is -0.461 e. The van der Waals surface area contributed by atoms with E-state index in [4.69, 9.17) is 4.74 Å². The van der Waals surface area contributed by atoms with Gasteiger partial charge in [0.15, 0.2) is 5.69 Å². The lowest BCUT2D eigenvalue weighted by Crippen LogP contribution is -2.43. The van der Waals surface area contributed by atoms with Crippen LogP contribution in [0.2, 0.25) is 0 Å². The zero-order valence-corrected chi connectivity index (χ0v) is 17.4. The van der Waals surface area contributed by atoms with Crippen LogP contribution >= 0.6 is 11.3 Å². The summed E-state index contributed by atoms with van der Waals surface area (Å²) in [7, 11) is 0. The summed E-state index contributed by atoms with van der Waals surface area (Å²) in [6, 6.07) is -0.168. The van der Waals surface area contributed by atoms with E-state index in [1.165, 1.54) is 11.3 Å². The van der Waals surface area contributed by atoms with E-state index in [1.54, 1.807) is 12.3 Å². The average Bonchev–Trinajstić information content (AvgIpc) is 3.10. The molecule has 0 bridgehead atoms. The number of amides is 1. The fourth-order valence-electron chi connectivity index (χ4n) is 2.50. The second-order valence-electron chi connectivity index (χ2n) is 7.08. The normalized spacial score (nSPS) is 16.0. The van der Waals surface area contributed by atoms with Crippen molar-refractivity contribution in [2.24, 2.45) is 17.8 Å². The van der Waals surface area contributed by atoms with Crippen LogP contribution in [0.4, 0.5) is 0 Å². The maximum Gasteiger partial charge on any atom is 0.357 e. The number of hydrogen-bond acceptors (Lipinski definition) is 6. The van der Waals surface area contributed by atoms with Crippen molar-refractivity contribution in [2.45, 2.75) is 66.5 Å². The number of thiazole rings is 1. The topological polar surface area (TPSA) is 88.5 Å². The van der Waals surface area contributed by atoms with Crippen molar-refractivity contribution < 1.29 is 19.4 Å². The first kappa shape index (κ1) is 22.6. The number of nitrogens with one attached hydrogen (secondary N) is 1. The maximum absolute atomic E-state index is 12.5. The molecule has 0 saturated carbocycles. The first-order chi connectivity index (χ1) is 12.2. The van der Waals surface area contributed by atoms with Crippen LogP contribution in [0.25, 0.3) is 0 Å². The summed E-state index contributed by atoms with van der Waals surface area (Å²) < 4.78 is 4.92. The molecule has 0 radical (unpaired) electrons. The van der Waals surface area contributed by atoms with Crippen molar-refractivity contribution in [1.82, 2.24) is 10.3 Å². The number of esters is 1. The maximum atomic E-state index is 12.5. The standard InChI is InChI=1S/C19H32N2O4S/c1-7-12(5)13(6)17(23)20-14(11(3)4)9-16(22)18-21-15(10-26-18)19(24)25-8-2/h10-14,16,22H,7-9H2,1-6H3,(H,20,23)/t12-,13-,14+,16+/m0/s1. The monoisotopic (exact) mass is 384 g/mol. The molecule has 0 aliphatic heterocycles. The molecule has 2 N–H and O–H groups in total. The number of ether oxygens (including phenoxy) is 1. The predicted octanol–water partition coefficient (Wildman–Crippen LogP) is 3.57. The quantitative estimate of drug-likeness (QED) is 0.602. The second-order valence-corrected chi connectivity index (χ2v) is 7.97. The molecule has 1 aromatic heterocycles. The van der Waals surface area contributed by atoms with E-state index in [0.717, 1.165) is 6.42 Å². The smallest absolute Gasteiger partial charge is 0.357 e. The Morgan fingerprint density at radius 2 is 1.92 bits per heavy atom. The lowest BCUT2D eigenvalue weighted by Gasteiger charge is -2.27. The zero-order chi connectivity index (χ0) is 19.9. The Morgan fingerprint density at radius 1 is 1.27 bits per heavy atom. The molecule has 1 aromatic rings. The molecule has 6 nitrogen and oxygen atoms in total. The van der Waals surface area contributed by atoms with E-state index >= 15 is 0 Å². The molecule has 0 spiro atoms. The molecule has 0 saturated heterocycles. The van der Waals surface area contributed by atoms with E-state index in [1.807, 2.05) is 20.8 Å². The number of aromatic nitrogens is 1. The fourth-order valence-corrected chi connectivity index (χ4v) is 3.29. The highest BCUT2D eigenvalue weighted by Gasteiger charge is 2.26. The Balaban J connectivity index is 2.75. The Bertz CT molecular complexity index is 588. The Labute approximate surface area is 160 Å². The summed E-state index contributed by atoms with van der Waals surface area (Å²) in [5.41, 5.74) is 0.210. The third-order valence-corrected chi connectivity index (χ3v) is 5.76. The minimum absolute atomic E-state index is 0.0107. The van der Waals surface area contributed by atoms with Gasteiger partial charge < -0.3 is 15.2 Å². The van der Waals surface area contributed by atoms with E-state index in [2.05, 4.69) is 24.1 Å². The minimum atomic E-state index is -0.838. The summed E-state index contributed by atoms with van der Waals surface area (Å²) >= 11 is 1.22. The fraction of sp³-hybridized carbons (Fsp3) is 0.737. The van der Waals surface area contributed by atoms with Crippen LogP contribution in [0.15, 0.2) is 5.38 Å². The molecule has 4 atom stereocenters. The molecular formula is C19H32N2O4S. The molecule has 0 unspecified atom stereocenters. The van der Waals surface area contributed by atoms with Crippen molar-refractivity contribution in [1.29, 1.82) is 0 Å².